The molecule has 9 heteroatoms. The summed E-state index contributed by atoms with van der Waals surface area (Å²) in [6, 6.07) is 11.6. The predicted molar refractivity (Wildman–Crippen MR) is 135 cm³/mol. The first kappa shape index (κ1) is 23.7. The Morgan fingerprint density at radius 1 is 1.15 bits per heavy atom. The summed E-state index contributed by atoms with van der Waals surface area (Å²) in [7, 11) is 0. The van der Waals surface area contributed by atoms with Crippen molar-refractivity contribution in [3.63, 3.8) is 0 Å². The molecular formula is C25H25ClFN5O2. The van der Waals surface area contributed by atoms with Gasteiger partial charge in [-0.25, -0.2) is 9.38 Å². The van der Waals surface area contributed by atoms with Crippen molar-refractivity contribution < 1.29 is 14.0 Å². The largest absolute Gasteiger partial charge is 0.487 e. The Balaban J connectivity index is 1.41. The summed E-state index contributed by atoms with van der Waals surface area (Å²) in [5.41, 5.74) is 3.80. The molecule has 34 heavy (non-hydrogen) atoms. The highest BCUT2D eigenvalue weighted by Gasteiger charge is 2.20. The smallest absolute Gasteiger partial charge is 0.138 e. The lowest BCUT2D eigenvalue weighted by Gasteiger charge is -2.20. The van der Waals surface area contributed by atoms with E-state index in [2.05, 4.69) is 25.8 Å². The molecule has 0 spiro atoms. The Morgan fingerprint density at radius 3 is 2.88 bits per heavy atom. The number of rotatable bonds is 9. The number of amidine groups is 1. The number of oxime groups is 1. The number of halogens is 2. The Morgan fingerprint density at radius 2 is 2.06 bits per heavy atom. The van der Waals surface area contributed by atoms with Crippen LogP contribution >= 0.6 is 11.6 Å². The Bertz CT molecular complexity index is 1190. The van der Waals surface area contributed by atoms with E-state index >= 15 is 0 Å². The van der Waals surface area contributed by atoms with Gasteiger partial charge in [0.1, 0.15) is 43.0 Å². The second-order valence-corrected chi connectivity index (χ2v) is 7.88. The Hall–Kier alpha value is -3.49. The van der Waals surface area contributed by atoms with Crippen LogP contribution in [0.25, 0.3) is 0 Å². The summed E-state index contributed by atoms with van der Waals surface area (Å²) in [6.07, 6.45) is 5.64. The van der Waals surface area contributed by atoms with Gasteiger partial charge in [0.05, 0.1) is 10.7 Å². The van der Waals surface area contributed by atoms with Crippen molar-refractivity contribution in [2.24, 2.45) is 15.1 Å². The van der Waals surface area contributed by atoms with Crippen LogP contribution in [-0.2, 0) is 11.4 Å². The van der Waals surface area contributed by atoms with Crippen LogP contribution in [0.15, 0.2) is 81.4 Å². The van der Waals surface area contributed by atoms with E-state index in [-0.39, 0.29) is 12.4 Å². The molecule has 0 aromatic heterocycles. The Kier molecular flexibility index (Phi) is 8.06. The normalized spacial score (nSPS) is 15.9. The van der Waals surface area contributed by atoms with E-state index in [0.29, 0.717) is 35.6 Å². The van der Waals surface area contributed by atoms with E-state index in [1.165, 1.54) is 12.1 Å². The minimum Gasteiger partial charge on any atom is -0.487 e. The molecule has 1 heterocycles. The van der Waals surface area contributed by atoms with Gasteiger partial charge in [-0.05, 0) is 60.7 Å². The third-order valence-corrected chi connectivity index (χ3v) is 5.27. The molecule has 4 rings (SSSR count). The third-order valence-electron chi connectivity index (χ3n) is 4.97. The molecule has 1 aliphatic heterocycles. The van der Waals surface area contributed by atoms with Gasteiger partial charge in [-0.3, -0.25) is 4.99 Å². The number of allylic oxidation sites excluding steroid dienone is 3. The van der Waals surface area contributed by atoms with Crippen molar-refractivity contribution in [2.75, 3.05) is 31.7 Å². The van der Waals surface area contributed by atoms with Crippen molar-refractivity contribution in [2.45, 2.75) is 13.5 Å². The van der Waals surface area contributed by atoms with Crippen LogP contribution in [0, 0.1) is 5.82 Å². The van der Waals surface area contributed by atoms with Gasteiger partial charge < -0.3 is 20.2 Å². The van der Waals surface area contributed by atoms with Crippen LogP contribution in [0.2, 0.25) is 5.02 Å². The van der Waals surface area contributed by atoms with E-state index < -0.39 is 0 Å². The highest BCUT2D eigenvalue weighted by molar-refractivity contribution is 6.37. The summed E-state index contributed by atoms with van der Waals surface area (Å²) in [5.74, 6) is 0.871. The number of likely N-dealkylation sites (N-methyl/N-ethyl adjacent to an activating group) is 1. The molecule has 176 valence electrons. The molecule has 0 amide bonds. The van der Waals surface area contributed by atoms with Gasteiger partial charge in [-0.1, -0.05) is 35.8 Å². The number of ether oxygens (including phenoxy) is 1. The average Bonchev–Trinajstić information content (AvgIpc) is 2.84. The number of aliphatic imine (C=N–C) groups is 2. The average molecular weight is 482 g/mol. The monoisotopic (exact) mass is 481 g/mol. The number of benzene rings is 2. The molecule has 0 atom stereocenters. The van der Waals surface area contributed by atoms with Crippen molar-refractivity contribution in [3.8, 4) is 5.75 Å². The van der Waals surface area contributed by atoms with Crippen LogP contribution in [0.3, 0.4) is 0 Å². The summed E-state index contributed by atoms with van der Waals surface area (Å²) >= 11 is 6.43. The van der Waals surface area contributed by atoms with Crippen molar-refractivity contribution in [1.82, 2.24) is 5.32 Å². The van der Waals surface area contributed by atoms with Gasteiger partial charge in [-0.2, -0.15) is 0 Å². The molecule has 2 aliphatic rings. The lowest BCUT2D eigenvalue weighted by atomic mass is 10.0. The van der Waals surface area contributed by atoms with E-state index in [4.69, 9.17) is 21.2 Å². The molecule has 2 aromatic carbocycles. The molecule has 0 saturated heterocycles. The summed E-state index contributed by atoms with van der Waals surface area (Å²) in [4.78, 5) is 14.3. The first-order chi connectivity index (χ1) is 16.6. The lowest BCUT2D eigenvalue weighted by Crippen LogP contribution is -2.26. The number of fused-ring (bicyclic) bond motifs is 1. The zero-order valence-corrected chi connectivity index (χ0v) is 19.5. The molecular weight excluding hydrogens is 457 g/mol. The number of hydrogen-bond acceptors (Lipinski definition) is 7. The number of nitrogens with zero attached hydrogens (tertiary/aromatic N) is 3. The van der Waals surface area contributed by atoms with Crippen LogP contribution < -0.4 is 15.4 Å². The van der Waals surface area contributed by atoms with E-state index in [1.807, 2.05) is 31.2 Å². The quantitative estimate of drug-likeness (QED) is 0.307. The first-order valence-electron chi connectivity index (χ1n) is 11.0. The first-order valence-corrected chi connectivity index (χ1v) is 11.3. The molecule has 2 N–H and O–H groups in total. The molecule has 0 saturated carbocycles. The standard InChI is InChI=1S/C25H25ClFN5O2/c1-2-28-10-11-34-32-20-6-8-23-21(13-20)25(30-16-29-23)31-19-7-9-24(22(26)14-19)33-15-17-4-3-5-18(27)12-17/h3-9,12-14,28H,2,10-11,15-16H2,1H3,(H,30,31)/b32-20+. The molecule has 0 fully saturated rings. The number of anilines is 1. The molecule has 0 bridgehead atoms. The zero-order valence-electron chi connectivity index (χ0n) is 18.7. The summed E-state index contributed by atoms with van der Waals surface area (Å²) < 4.78 is 19.1. The van der Waals surface area contributed by atoms with Crippen molar-refractivity contribution in [1.29, 1.82) is 0 Å². The molecule has 0 radical (unpaired) electrons. The van der Waals surface area contributed by atoms with E-state index in [1.54, 1.807) is 24.3 Å². The van der Waals surface area contributed by atoms with Gasteiger partial charge in [0.15, 0.2) is 0 Å². The van der Waals surface area contributed by atoms with Gasteiger partial charge >= 0.3 is 0 Å². The van der Waals surface area contributed by atoms with E-state index in [9.17, 15) is 4.39 Å². The molecule has 7 nitrogen and oxygen atoms in total. The van der Waals surface area contributed by atoms with Gasteiger partial charge in [0.25, 0.3) is 0 Å². The van der Waals surface area contributed by atoms with Crippen LogP contribution in [-0.4, -0.2) is 43.6 Å². The Labute approximate surface area is 202 Å². The van der Waals surface area contributed by atoms with Gasteiger partial charge in [-0.15, -0.1) is 0 Å². The zero-order chi connectivity index (χ0) is 23.8. The summed E-state index contributed by atoms with van der Waals surface area (Å²) in [5, 5.41) is 11.1. The minimum absolute atomic E-state index is 0.217. The second kappa shape index (κ2) is 11.6. The maximum absolute atomic E-state index is 13.4. The third kappa shape index (κ3) is 6.30. The van der Waals surface area contributed by atoms with Gasteiger partial charge in [0.2, 0.25) is 0 Å². The number of nitrogens with one attached hydrogen (secondary N) is 2. The fraction of sp³-hybridized carbons (Fsp3) is 0.240. The predicted octanol–water partition coefficient (Wildman–Crippen LogP) is 4.76. The van der Waals surface area contributed by atoms with Crippen molar-refractivity contribution >= 4 is 34.5 Å². The molecule has 1 aliphatic carbocycles. The molecule has 0 unspecified atom stereocenters. The SMILES string of the molecule is CCNCCO/N=C1\C=CC2=NCN=C(Nc3ccc(OCc4cccc(F)c4)c(Cl)c3)C2=C1. The van der Waals surface area contributed by atoms with Gasteiger partial charge in [0, 0.05) is 17.8 Å². The highest BCUT2D eigenvalue weighted by atomic mass is 35.5. The minimum atomic E-state index is -0.303. The number of hydrogen-bond donors (Lipinski definition) is 2. The fourth-order valence-electron chi connectivity index (χ4n) is 3.32. The van der Waals surface area contributed by atoms with Crippen molar-refractivity contribution in [3.05, 3.63) is 82.7 Å². The maximum Gasteiger partial charge on any atom is 0.138 e. The topological polar surface area (TPSA) is 79.6 Å². The van der Waals surface area contributed by atoms with Crippen LogP contribution in [0.1, 0.15) is 12.5 Å². The van der Waals surface area contributed by atoms with Crippen LogP contribution in [0.4, 0.5) is 10.1 Å². The summed E-state index contributed by atoms with van der Waals surface area (Å²) in [6.45, 7) is 4.69. The second-order valence-electron chi connectivity index (χ2n) is 7.47. The van der Waals surface area contributed by atoms with Crippen LogP contribution in [0.5, 0.6) is 5.75 Å². The lowest BCUT2D eigenvalue weighted by molar-refractivity contribution is 0.147. The highest BCUT2D eigenvalue weighted by Crippen LogP contribution is 2.29. The van der Waals surface area contributed by atoms with E-state index in [0.717, 1.165) is 35.6 Å². The maximum atomic E-state index is 13.4. The fourth-order valence-corrected chi connectivity index (χ4v) is 3.55. The molecule has 2 aromatic rings.